The Kier molecular flexibility index (Phi) is 7.76. The first-order valence-electron chi connectivity index (χ1n) is 8.59. The lowest BCUT2D eigenvalue weighted by Crippen LogP contribution is -2.30. The second-order valence-electron chi connectivity index (χ2n) is 5.93. The number of anilines is 1. The van der Waals surface area contributed by atoms with Gasteiger partial charge in [0.2, 0.25) is 0 Å². The zero-order valence-corrected chi connectivity index (χ0v) is 15.4. The number of halogens is 3. The molecule has 154 valence electrons. The van der Waals surface area contributed by atoms with Crippen molar-refractivity contribution in [3.05, 3.63) is 59.9 Å². The number of carbonyl (C=O) groups excluding carboxylic acids is 3. The number of Topliss-reactive ketones (excluding diaryl/α,β-unsaturated/α-hetero) is 1. The van der Waals surface area contributed by atoms with E-state index in [1.54, 1.807) is 0 Å². The van der Waals surface area contributed by atoms with E-state index in [1.807, 2.05) is 0 Å². The monoisotopic (exact) mass is 409 g/mol. The van der Waals surface area contributed by atoms with Crippen molar-refractivity contribution in [2.75, 3.05) is 5.32 Å². The predicted octanol–water partition coefficient (Wildman–Crippen LogP) is 3.96. The number of alkyl halides is 2. The molecule has 0 radical (unpaired) electrons. The van der Waals surface area contributed by atoms with E-state index >= 15 is 0 Å². The van der Waals surface area contributed by atoms with Gasteiger partial charge in [-0.05, 0) is 43.3 Å². The van der Waals surface area contributed by atoms with Crippen molar-refractivity contribution in [1.29, 1.82) is 0 Å². The molecular formula is C20H18F3NO5. The van der Waals surface area contributed by atoms with Crippen LogP contribution in [0.25, 0.3) is 0 Å². The number of hydrogen-bond donors (Lipinski definition) is 1. The smallest absolute Gasteiger partial charge is 0.387 e. The van der Waals surface area contributed by atoms with Crippen molar-refractivity contribution in [3.8, 4) is 5.75 Å². The van der Waals surface area contributed by atoms with Crippen LogP contribution in [-0.2, 0) is 14.3 Å². The molecule has 2 aromatic carbocycles. The fourth-order valence-corrected chi connectivity index (χ4v) is 2.31. The van der Waals surface area contributed by atoms with Gasteiger partial charge < -0.3 is 14.8 Å². The van der Waals surface area contributed by atoms with Crippen LogP contribution in [0, 0.1) is 5.82 Å². The predicted molar refractivity (Wildman–Crippen MR) is 97.2 cm³/mol. The largest absolute Gasteiger partial charge is 0.453 e. The van der Waals surface area contributed by atoms with E-state index in [1.165, 1.54) is 43.3 Å². The summed E-state index contributed by atoms with van der Waals surface area (Å²) in [5, 5.41) is 2.34. The lowest BCUT2D eigenvalue weighted by molar-refractivity contribution is -0.153. The molecule has 0 aromatic heterocycles. The Balaban J connectivity index is 1.85. The summed E-state index contributed by atoms with van der Waals surface area (Å²) in [4.78, 5) is 36.0. The maximum atomic E-state index is 12.9. The molecule has 0 aliphatic rings. The van der Waals surface area contributed by atoms with Crippen LogP contribution in [-0.4, -0.2) is 30.4 Å². The van der Waals surface area contributed by atoms with Crippen molar-refractivity contribution in [2.24, 2.45) is 0 Å². The first-order chi connectivity index (χ1) is 13.8. The average molecular weight is 409 g/mol. The third-order valence-corrected chi connectivity index (χ3v) is 3.76. The van der Waals surface area contributed by atoms with E-state index in [2.05, 4.69) is 10.1 Å². The summed E-state index contributed by atoms with van der Waals surface area (Å²) in [5.41, 5.74) is 0.243. The molecule has 6 nitrogen and oxygen atoms in total. The first-order valence-corrected chi connectivity index (χ1v) is 8.59. The van der Waals surface area contributed by atoms with Crippen molar-refractivity contribution >= 4 is 23.3 Å². The Bertz CT molecular complexity index is 871. The van der Waals surface area contributed by atoms with Crippen molar-refractivity contribution < 1.29 is 37.0 Å². The van der Waals surface area contributed by atoms with Gasteiger partial charge in [-0.2, -0.15) is 8.78 Å². The van der Waals surface area contributed by atoms with Crippen LogP contribution in [0.2, 0.25) is 0 Å². The number of ketones is 1. The normalized spacial score (nSPS) is 11.6. The quantitative estimate of drug-likeness (QED) is 0.501. The fraction of sp³-hybridized carbons (Fsp3) is 0.250. The molecule has 0 unspecified atom stereocenters. The molecule has 1 amide bonds. The maximum Gasteiger partial charge on any atom is 0.387 e. The summed E-state index contributed by atoms with van der Waals surface area (Å²) in [6.45, 7) is -1.77. The second kappa shape index (κ2) is 10.3. The molecular weight excluding hydrogens is 391 g/mol. The number of esters is 1. The molecule has 0 saturated carbocycles. The van der Waals surface area contributed by atoms with E-state index in [9.17, 15) is 27.6 Å². The molecule has 0 aliphatic carbocycles. The van der Waals surface area contributed by atoms with Crippen LogP contribution >= 0.6 is 0 Å². The van der Waals surface area contributed by atoms with Crippen LogP contribution in [0.3, 0.4) is 0 Å². The zero-order chi connectivity index (χ0) is 21.4. The first kappa shape index (κ1) is 21.9. The fourth-order valence-electron chi connectivity index (χ4n) is 2.31. The minimum atomic E-state index is -3.07. The molecule has 9 heteroatoms. The van der Waals surface area contributed by atoms with Gasteiger partial charge in [-0.1, -0.05) is 12.1 Å². The highest BCUT2D eigenvalue weighted by molar-refractivity contribution is 5.98. The maximum absolute atomic E-state index is 12.9. The molecule has 0 saturated heterocycles. The minimum absolute atomic E-state index is 0.00723. The van der Waals surface area contributed by atoms with E-state index in [4.69, 9.17) is 4.74 Å². The van der Waals surface area contributed by atoms with Gasteiger partial charge in [0.15, 0.2) is 11.9 Å². The summed E-state index contributed by atoms with van der Waals surface area (Å²) < 4.78 is 46.9. The van der Waals surface area contributed by atoms with E-state index < -0.39 is 30.4 Å². The molecule has 1 atom stereocenters. The van der Waals surface area contributed by atoms with Gasteiger partial charge in [-0.25, -0.2) is 4.39 Å². The topological polar surface area (TPSA) is 81.7 Å². The van der Waals surface area contributed by atoms with Crippen molar-refractivity contribution in [3.63, 3.8) is 0 Å². The number of para-hydroxylation sites is 2. The average Bonchev–Trinajstić information content (AvgIpc) is 2.67. The van der Waals surface area contributed by atoms with Crippen LogP contribution < -0.4 is 10.1 Å². The molecule has 0 heterocycles. The van der Waals surface area contributed by atoms with E-state index in [-0.39, 0.29) is 35.6 Å². The number of rotatable bonds is 9. The molecule has 2 rings (SSSR count). The second-order valence-corrected chi connectivity index (χ2v) is 5.93. The highest BCUT2D eigenvalue weighted by Gasteiger charge is 2.20. The highest BCUT2D eigenvalue weighted by atomic mass is 19.3. The summed E-state index contributed by atoms with van der Waals surface area (Å²) in [6, 6.07) is 10.4. The number of carbonyl (C=O) groups is 3. The van der Waals surface area contributed by atoms with Gasteiger partial charge in [-0.15, -0.1) is 0 Å². The van der Waals surface area contributed by atoms with E-state index in [0.29, 0.717) is 0 Å². The Hall–Kier alpha value is -3.36. The van der Waals surface area contributed by atoms with Crippen LogP contribution in [0.15, 0.2) is 48.5 Å². The summed E-state index contributed by atoms with van der Waals surface area (Å²) >= 11 is 0. The Morgan fingerprint density at radius 1 is 1.00 bits per heavy atom. The molecule has 1 N–H and O–H groups in total. The van der Waals surface area contributed by atoms with Gasteiger partial charge in [0, 0.05) is 12.0 Å². The Morgan fingerprint density at radius 2 is 1.66 bits per heavy atom. The van der Waals surface area contributed by atoms with Gasteiger partial charge in [-0.3, -0.25) is 14.4 Å². The van der Waals surface area contributed by atoms with Crippen LogP contribution in [0.1, 0.15) is 30.1 Å². The minimum Gasteiger partial charge on any atom is -0.453 e. The van der Waals surface area contributed by atoms with Gasteiger partial charge >= 0.3 is 12.6 Å². The van der Waals surface area contributed by atoms with Crippen LogP contribution in [0.4, 0.5) is 18.9 Å². The zero-order valence-electron chi connectivity index (χ0n) is 15.4. The molecule has 0 fully saturated rings. The van der Waals surface area contributed by atoms with Crippen molar-refractivity contribution in [2.45, 2.75) is 32.5 Å². The molecule has 0 spiro atoms. The summed E-state index contributed by atoms with van der Waals surface area (Å²) in [5.74, 6) is -2.65. The lowest BCUT2D eigenvalue weighted by Gasteiger charge is -2.15. The van der Waals surface area contributed by atoms with E-state index in [0.717, 1.165) is 12.1 Å². The molecule has 2 aromatic rings. The number of hydrogen-bond acceptors (Lipinski definition) is 5. The molecule has 29 heavy (non-hydrogen) atoms. The third-order valence-electron chi connectivity index (χ3n) is 3.76. The Labute approximate surface area is 164 Å². The third kappa shape index (κ3) is 6.95. The van der Waals surface area contributed by atoms with Gasteiger partial charge in [0.1, 0.15) is 11.6 Å². The summed E-state index contributed by atoms with van der Waals surface area (Å²) in [7, 11) is 0. The van der Waals surface area contributed by atoms with Gasteiger partial charge in [0.25, 0.3) is 5.91 Å². The number of ether oxygens (including phenoxy) is 2. The summed E-state index contributed by atoms with van der Waals surface area (Å²) in [6.07, 6.45) is -1.69. The number of amides is 1. The SMILES string of the molecule is C[C@@H](OC(=O)CCC(=O)c1ccc(F)cc1)C(=O)Nc1ccccc1OC(F)F. The highest BCUT2D eigenvalue weighted by Crippen LogP contribution is 2.25. The standard InChI is InChI=1S/C20H18F3NO5/c1-12(19(27)24-15-4-2-3-5-17(15)29-20(22)23)28-18(26)11-10-16(25)13-6-8-14(21)9-7-13/h2-9,12,20H,10-11H2,1H3,(H,24,27)/t12-/m1/s1. The lowest BCUT2D eigenvalue weighted by atomic mass is 10.1. The number of nitrogens with one attached hydrogen (secondary N) is 1. The van der Waals surface area contributed by atoms with Crippen molar-refractivity contribution in [1.82, 2.24) is 0 Å². The van der Waals surface area contributed by atoms with Gasteiger partial charge in [0.05, 0.1) is 12.1 Å². The number of benzene rings is 2. The molecule has 0 bridgehead atoms. The Morgan fingerprint density at radius 3 is 2.31 bits per heavy atom. The van der Waals surface area contributed by atoms with Crippen LogP contribution in [0.5, 0.6) is 5.75 Å². The molecule has 0 aliphatic heterocycles.